The Bertz CT molecular complexity index is 793. The van der Waals surface area contributed by atoms with Crippen molar-refractivity contribution in [3.05, 3.63) is 47.8 Å². The summed E-state index contributed by atoms with van der Waals surface area (Å²) in [5, 5.41) is 4.03. The number of allylic oxidation sites excluding steroid dienone is 3. The zero-order valence-corrected chi connectivity index (χ0v) is 14.0. The Labute approximate surface area is 140 Å². The molecular formula is C17H19ClN4O. The van der Waals surface area contributed by atoms with E-state index >= 15 is 0 Å². The molecule has 3 heterocycles. The van der Waals surface area contributed by atoms with Crippen molar-refractivity contribution in [1.82, 2.24) is 14.6 Å². The summed E-state index contributed by atoms with van der Waals surface area (Å²) in [5.41, 5.74) is 2.22. The number of fused-ring (bicyclic) bond motifs is 1. The van der Waals surface area contributed by atoms with Gasteiger partial charge in [-0.15, -0.1) is 5.10 Å². The topological polar surface area (TPSA) is 50.5 Å². The van der Waals surface area contributed by atoms with E-state index in [1.54, 1.807) is 0 Å². The minimum Gasteiger partial charge on any atom is -0.348 e. The molecule has 23 heavy (non-hydrogen) atoms. The average Bonchev–Trinajstić information content (AvgIpc) is 3.18. The molecule has 5 nitrogen and oxygen atoms in total. The minimum absolute atomic E-state index is 0.292. The highest BCUT2D eigenvalue weighted by atomic mass is 35.5. The molecule has 0 aromatic carbocycles. The van der Waals surface area contributed by atoms with Crippen LogP contribution in [0.3, 0.4) is 0 Å². The second-order valence-corrected chi connectivity index (χ2v) is 6.01. The zero-order chi connectivity index (χ0) is 16.4. The molecule has 0 radical (unpaired) electrons. The number of halogens is 1. The van der Waals surface area contributed by atoms with Crippen LogP contribution in [0, 0.1) is 0 Å². The van der Waals surface area contributed by atoms with E-state index < -0.39 is 5.24 Å². The summed E-state index contributed by atoms with van der Waals surface area (Å²) in [4.78, 5) is 17.9. The second kappa shape index (κ2) is 6.54. The summed E-state index contributed by atoms with van der Waals surface area (Å²) < 4.78 is 1.52. The molecule has 1 fully saturated rings. The van der Waals surface area contributed by atoms with Crippen LogP contribution in [0.2, 0.25) is 0 Å². The number of rotatable bonds is 4. The van der Waals surface area contributed by atoms with E-state index in [1.807, 2.05) is 25.1 Å². The van der Waals surface area contributed by atoms with Crippen molar-refractivity contribution in [2.24, 2.45) is 0 Å². The van der Waals surface area contributed by atoms with Gasteiger partial charge in [-0.3, -0.25) is 4.79 Å². The number of hydrogen-bond donors (Lipinski definition) is 0. The molecule has 2 aromatic heterocycles. The van der Waals surface area contributed by atoms with Gasteiger partial charge in [0.25, 0.3) is 5.24 Å². The van der Waals surface area contributed by atoms with E-state index in [9.17, 15) is 4.79 Å². The van der Waals surface area contributed by atoms with E-state index in [0.29, 0.717) is 17.4 Å². The Morgan fingerprint density at radius 3 is 3.00 bits per heavy atom. The Hall–Kier alpha value is -2.14. The van der Waals surface area contributed by atoms with Crippen molar-refractivity contribution in [2.75, 3.05) is 11.4 Å². The highest BCUT2D eigenvalue weighted by Crippen LogP contribution is 2.28. The fourth-order valence-electron chi connectivity index (χ4n) is 3.02. The van der Waals surface area contributed by atoms with E-state index in [2.05, 4.69) is 34.1 Å². The Morgan fingerprint density at radius 1 is 1.43 bits per heavy atom. The van der Waals surface area contributed by atoms with Gasteiger partial charge in [0.2, 0.25) is 0 Å². The first kappa shape index (κ1) is 15.7. The number of carbonyl (C=O) groups is 1. The lowest BCUT2D eigenvalue weighted by Crippen LogP contribution is -2.31. The molecular weight excluding hydrogens is 312 g/mol. The predicted octanol–water partition coefficient (Wildman–Crippen LogP) is 3.60. The maximum absolute atomic E-state index is 11.5. The van der Waals surface area contributed by atoms with E-state index in [1.165, 1.54) is 16.3 Å². The summed E-state index contributed by atoms with van der Waals surface area (Å²) >= 11 is 5.60. The molecule has 1 unspecified atom stereocenters. The van der Waals surface area contributed by atoms with Gasteiger partial charge in [0.15, 0.2) is 5.65 Å². The lowest BCUT2D eigenvalue weighted by atomic mass is 10.1. The van der Waals surface area contributed by atoms with Gasteiger partial charge in [0.05, 0.1) is 12.2 Å². The summed E-state index contributed by atoms with van der Waals surface area (Å²) in [5.74, 6) is 0.838. The third kappa shape index (κ3) is 3.01. The molecule has 0 aliphatic carbocycles. The molecule has 1 saturated heterocycles. The third-order valence-electron chi connectivity index (χ3n) is 4.17. The Kier molecular flexibility index (Phi) is 4.48. The smallest absolute Gasteiger partial charge is 0.272 e. The number of carbonyl (C=O) groups excluding carboxylic acids is 1. The zero-order valence-electron chi connectivity index (χ0n) is 13.2. The van der Waals surface area contributed by atoms with E-state index in [4.69, 9.17) is 11.6 Å². The second-order valence-electron chi connectivity index (χ2n) is 5.67. The lowest BCUT2D eigenvalue weighted by molar-refractivity contribution is 0.107. The van der Waals surface area contributed by atoms with Crippen LogP contribution in [0.5, 0.6) is 0 Å². The van der Waals surface area contributed by atoms with Gasteiger partial charge < -0.3 is 4.90 Å². The first-order valence-electron chi connectivity index (χ1n) is 7.72. The number of imidazole rings is 1. The number of anilines is 1. The van der Waals surface area contributed by atoms with Gasteiger partial charge in [-0.2, -0.15) is 0 Å². The molecule has 0 saturated carbocycles. The predicted molar refractivity (Wildman–Crippen MR) is 92.1 cm³/mol. The molecule has 0 amide bonds. The standard InChI is InChI=1S/C17H19ClN4O/c1-3-4-6-12(2)13-7-5-10-21(13)16-9-8-15-19-11-14(17(18)23)22(15)20-16/h3-4,6,8-9,11,13H,5,7,10H2,1-2H3/b4-3-,12-6+. The lowest BCUT2D eigenvalue weighted by Gasteiger charge is -2.26. The van der Waals surface area contributed by atoms with Crippen molar-refractivity contribution in [2.45, 2.75) is 32.7 Å². The molecule has 0 N–H and O–H groups in total. The van der Waals surface area contributed by atoms with Crippen LogP contribution in [-0.2, 0) is 0 Å². The van der Waals surface area contributed by atoms with Crippen LogP contribution in [0.15, 0.2) is 42.1 Å². The molecule has 2 aromatic rings. The van der Waals surface area contributed by atoms with Gasteiger partial charge in [-0.05, 0) is 50.4 Å². The summed E-state index contributed by atoms with van der Waals surface area (Å²) in [6, 6.07) is 4.15. The first-order valence-corrected chi connectivity index (χ1v) is 8.10. The van der Waals surface area contributed by atoms with Crippen molar-refractivity contribution in [3.8, 4) is 0 Å². The summed E-state index contributed by atoms with van der Waals surface area (Å²) in [6.07, 6.45) is 9.91. The molecule has 0 spiro atoms. The fourth-order valence-corrected chi connectivity index (χ4v) is 3.15. The van der Waals surface area contributed by atoms with Crippen LogP contribution in [0.4, 0.5) is 5.82 Å². The normalized spacial score (nSPS) is 19.2. The van der Waals surface area contributed by atoms with E-state index in [-0.39, 0.29) is 0 Å². The highest BCUT2D eigenvalue weighted by Gasteiger charge is 2.27. The molecule has 6 heteroatoms. The van der Waals surface area contributed by atoms with Gasteiger partial charge >= 0.3 is 0 Å². The summed E-state index contributed by atoms with van der Waals surface area (Å²) in [6.45, 7) is 5.10. The molecule has 0 bridgehead atoms. The van der Waals surface area contributed by atoms with Gasteiger partial charge in [0.1, 0.15) is 11.5 Å². The SMILES string of the molecule is C/C=C\C=C(/C)C1CCCN1c1ccc2ncc(C(=O)Cl)n2n1. The molecule has 3 rings (SSSR count). The van der Waals surface area contributed by atoms with Crippen LogP contribution in [0.25, 0.3) is 5.65 Å². The summed E-state index contributed by atoms with van der Waals surface area (Å²) in [7, 11) is 0. The van der Waals surface area contributed by atoms with Crippen LogP contribution in [0.1, 0.15) is 37.2 Å². The largest absolute Gasteiger partial charge is 0.348 e. The molecule has 1 aliphatic rings. The Morgan fingerprint density at radius 2 is 2.26 bits per heavy atom. The van der Waals surface area contributed by atoms with E-state index in [0.717, 1.165) is 25.2 Å². The maximum atomic E-state index is 11.5. The molecule has 1 aliphatic heterocycles. The average molecular weight is 331 g/mol. The quantitative estimate of drug-likeness (QED) is 0.635. The van der Waals surface area contributed by atoms with Crippen molar-refractivity contribution < 1.29 is 4.79 Å². The van der Waals surface area contributed by atoms with Gasteiger partial charge in [-0.1, -0.05) is 23.8 Å². The Balaban J connectivity index is 1.98. The van der Waals surface area contributed by atoms with Crippen molar-refractivity contribution in [1.29, 1.82) is 0 Å². The maximum Gasteiger partial charge on any atom is 0.272 e. The molecule has 1 atom stereocenters. The monoisotopic (exact) mass is 330 g/mol. The van der Waals surface area contributed by atoms with Crippen LogP contribution >= 0.6 is 11.6 Å². The number of hydrogen-bond acceptors (Lipinski definition) is 4. The fraction of sp³-hybridized carbons (Fsp3) is 0.353. The van der Waals surface area contributed by atoms with Crippen LogP contribution in [-0.4, -0.2) is 32.4 Å². The first-order chi connectivity index (χ1) is 11.1. The molecule has 120 valence electrons. The third-order valence-corrected chi connectivity index (χ3v) is 4.37. The highest BCUT2D eigenvalue weighted by molar-refractivity contribution is 6.67. The van der Waals surface area contributed by atoms with Gasteiger partial charge in [-0.25, -0.2) is 9.50 Å². The van der Waals surface area contributed by atoms with Gasteiger partial charge in [0, 0.05) is 6.54 Å². The minimum atomic E-state index is -0.552. The number of nitrogens with zero attached hydrogens (tertiary/aromatic N) is 4. The van der Waals surface area contributed by atoms with Crippen LogP contribution < -0.4 is 4.90 Å². The number of aromatic nitrogens is 3. The van der Waals surface area contributed by atoms with Crippen molar-refractivity contribution >= 4 is 28.3 Å². The van der Waals surface area contributed by atoms with Crippen molar-refractivity contribution in [3.63, 3.8) is 0 Å².